The molecule has 0 bridgehead atoms. The van der Waals surface area contributed by atoms with Crippen molar-refractivity contribution in [3.63, 3.8) is 0 Å². The van der Waals surface area contributed by atoms with Crippen molar-refractivity contribution in [1.82, 2.24) is 25.0 Å². The number of ether oxygens (including phenoxy) is 1. The third-order valence-electron chi connectivity index (χ3n) is 4.30. The molecule has 0 radical (unpaired) electrons. The number of rotatable bonds is 6. The maximum atomic E-state index is 6.17. The normalized spacial score (nSPS) is 26.4. The van der Waals surface area contributed by atoms with Crippen LogP contribution in [0.1, 0.15) is 32.5 Å². The molecule has 1 N–H and O–H groups in total. The maximum Gasteiger partial charge on any atom is 0.147 e. The highest BCUT2D eigenvalue weighted by Gasteiger charge is 2.28. The molecule has 21 heavy (non-hydrogen) atoms. The quantitative estimate of drug-likeness (QED) is 0.844. The van der Waals surface area contributed by atoms with E-state index in [4.69, 9.17) is 4.74 Å². The molecular weight excluding hydrogens is 266 g/mol. The molecule has 2 atom stereocenters. The van der Waals surface area contributed by atoms with Crippen LogP contribution in [0.3, 0.4) is 0 Å². The largest absolute Gasteiger partial charge is 0.372 e. The number of nitrogens with one attached hydrogen (secondary N) is 1. The van der Waals surface area contributed by atoms with Crippen LogP contribution in [-0.2, 0) is 17.8 Å². The van der Waals surface area contributed by atoms with Crippen molar-refractivity contribution in [2.45, 2.75) is 52.0 Å². The fourth-order valence-corrected chi connectivity index (χ4v) is 3.16. The third-order valence-corrected chi connectivity index (χ3v) is 4.30. The van der Waals surface area contributed by atoms with Gasteiger partial charge in [0.05, 0.1) is 18.8 Å². The highest BCUT2D eigenvalue weighted by molar-refractivity contribution is 4.91. The van der Waals surface area contributed by atoms with Gasteiger partial charge in [-0.1, -0.05) is 13.8 Å². The number of hydrogen-bond donors (Lipinski definition) is 1. The molecule has 2 unspecified atom stereocenters. The van der Waals surface area contributed by atoms with E-state index in [0.717, 1.165) is 45.1 Å². The molecule has 2 aliphatic heterocycles. The van der Waals surface area contributed by atoms with Gasteiger partial charge in [0.1, 0.15) is 12.2 Å². The van der Waals surface area contributed by atoms with Crippen molar-refractivity contribution in [2.75, 3.05) is 26.2 Å². The molecule has 3 rings (SSSR count). The maximum absolute atomic E-state index is 6.17. The van der Waals surface area contributed by atoms with Gasteiger partial charge in [0, 0.05) is 26.2 Å². The van der Waals surface area contributed by atoms with Gasteiger partial charge in [0.25, 0.3) is 0 Å². The molecule has 6 nitrogen and oxygen atoms in total. The van der Waals surface area contributed by atoms with Gasteiger partial charge in [-0.2, -0.15) is 0 Å². The van der Waals surface area contributed by atoms with Crippen molar-refractivity contribution >= 4 is 0 Å². The Bertz CT molecular complexity index is 447. The van der Waals surface area contributed by atoms with E-state index in [1.807, 2.05) is 6.33 Å². The molecule has 6 heteroatoms. The summed E-state index contributed by atoms with van der Waals surface area (Å²) in [5.74, 6) is 1.78. The van der Waals surface area contributed by atoms with Gasteiger partial charge in [-0.3, -0.25) is 4.90 Å². The Balaban J connectivity index is 1.39. The van der Waals surface area contributed by atoms with Crippen LogP contribution in [0.2, 0.25) is 0 Å². The fourth-order valence-electron chi connectivity index (χ4n) is 3.16. The van der Waals surface area contributed by atoms with Gasteiger partial charge in [-0.15, -0.1) is 10.2 Å². The summed E-state index contributed by atoms with van der Waals surface area (Å²) in [6.07, 6.45) is 4.96. The first-order valence-electron chi connectivity index (χ1n) is 8.16. The standard InChI is InChI=1S/C15H27N5O/c1-12(2)7-16-8-13-3-4-14(21-13)9-19-5-6-20-11-17-18-15(20)10-19/h11-14,16H,3-10H2,1-2H3. The second-order valence-electron chi connectivity index (χ2n) is 6.69. The van der Waals surface area contributed by atoms with E-state index in [0.29, 0.717) is 18.1 Å². The summed E-state index contributed by atoms with van der Waals surface area (Å²) in [6.45, 7) is 10.5. The number of hydrogen-bond acceptors (Lipinski definition) is 5. The predicted molar refractivity (Wildman–Crippen MR) is 80.9 cm³/mol. The molecule has 0 aliphatic carbocycles. The van der Waals surface area contributed by atoms with Crippen molar-refractivity contribution in [2.24, 2.45) is 5.92 Å². The zero-order valence-corrected chi connectivity index (χ0v) is 13.2. The zero-order valence-electron chi connectivity index (χ0n) is 13.2. The van der Waals surface area contributed by atoms with Crippen molar-refractivity contribution in [3.8, 4) is 0 Å². The lowest BCUT2D eigenvalue weighted by molar-refractivity contribution is 0.0178. The lowest BCUT2D eigenvalue weighted by Gasteiger charge is -2.29. The zero-order chi connectivity index (χ0) is 14.7. The van der Waals surface area contributed by atoms with Crippen LogP contribution in [0.5, 0.6) is 0 Å². The minimum Gasteiger partial charge on any atom is -0.372 e. The summed E-state index contributed by atoms with van der Waals surface area (Å²) < 4.78 is 8.31. The smallest absolute Gasteiger partial charge is 0.147 e. The fraction of sp³-hybridized carbons (Fsp3) is 0.867. The van der Waals surface area contributed by atoms with Crippen LogP contribution in [0.25, 0.3) is 0 Å². The Morgan fingerprint density at radius 1 is 1.33 bits per heavy atom. The Hall–Kier alpha value is -0.980. The summed E-state index contributed by atoms with van der Waals surface area (Å²) in [5.41, 5.74) is 0. The molecule has 0 saturated carbocycles. The monoisotopic (exact) mass is 293 g/mol. The topological polar surface area (TPSA) is 55.2 Å². The van der Waals surface area contributed by atoms with E-state index in [2.05, 4.69) is 38.8 Å². The summed E-state index contributed by atoms with van der Waals surface area (Å²) in [7, 11) is 0. The molecule has 1 saturated heterocycles. The Kier molecular flexibility index (Phi) is 4.87. The van der Waals surface area contributed by atoms with E-state index in [1.54, 1.807) is 0 Å². The van der Waals surface area contributed by atoms with E-state index < -0.39 is 0 Å². The summed E-state index contributed by atoms with van der Waals surface area (Å²) in [5, 5.41) is 11.7. The minimum absolute atomic E-state index is 0.380. The highest BCUT2D eigenvalue weighted by atomic mass is 16.5. The van der Waals surface area contributed by atoms with E-state index in [1.165, 1.54) is 12.8 Å². The molecule has 0 amide bonds. The minimum atomic E-state index is 0.380. The lowest BCUT2D eigenvalue weighted by Crippen LogP contribution is -2.39. The molecule has 3 heterocycles. The number of nitrogens with zero attached hydrogens (tertiary/aromatic N) is 4. The first kappa shape index (κ1) is 14.9. The predicted octanol–water partition coefficient (Wildman–Crippen LogP) is 0.887. The highest BCUT2D eigenvalue weighted by Crippen LogP contribution is 2.21. The third kappa shape index (κ3) is 4.02. The van der Waals surface area contributed by atoms with Gasteiger partial charge in [-0.05, 0) is 25.3 Å². The van der Waals surface area contributed by atoms with Gasteiger partial charge in [0.15, 0.2) is 0 Å². The van der Waals surface area contributed by atoms with E-state index in [-0.39, 0.29) is 0 Å². The van der Waals surface area contributed by atoms with E-state index >= 15 is 0 Å². The Morgan fingerprint density at radius 3 is 3.05 bits per heavy atom. The van der Waals surface area contributed by atoms with E-state index in [9.17, 15) is 0 Å². The van der Waals surface area contributed by atoms with Gasteiger partial charge >= 0.3 is 0 Å². The van der Waals surface area contributed by atoms with Gasteiger partial charge < -0.3 is 14.6 Å². The van der Waals surface area contributed by atoms with Crippen molar-refractivity contribution in [3.05, 3.63) is 12.2 Å². The van der Waals surface area contributed by atoms with Crippen LogP contribution < -0.4 is 5.32 Å². The average molecular weight is 293 g/mol. The summed E-state index contributed by atoms with van der Waals surface area (Å²) >= 11 is 0. The first-order valence-corrected chi connectivity index (χ1v) is 8.16. The Morgan fingerprint density at radius 2 is 2.19 bits per heavy atom. The summed E-state index contributed by atoms with van der Waals surface area (Å²) in [4.78, 5) is 2.44. The van der Waals surface area contributed by atoms with Crippen LogP contribution in [0.4, 0.5) is 0 Å². The molecule has 2 aliphatic rings. The van der Waals surface area contributed by atoms with Crippen LogP contribution >= 0.6 is 0 Å². The SMILES string of the molecule is CC(C)CNCC1CCC(CN2CCn3cnnc3C2)O1. The van der Waals surface area contributed by atoms with Gasteiger partial charge in [-0.25, -0.2) is 0 Å². The van der Waals surface area contributed by atoms with Crippen molar-refractivity contribution in [1.29, 1.82) is 0 Å². The second-order valence-corrected chi connectivity index (χ2v) is 6.69. The van der Waals surface area contributed by atoms with Gasteiger partial charge in [0.2, 0.25) is 0 Å². The molecule has 0 spiro atoms. The average Bonchev–Trinajstić information content (AvgIpc) is 3.07. The number of aromatic nitrogens is 3. The second kappa shape index (κ2) is 6.85. The lowest BCUT2D eigenvalue weighted by atomic mass is 10.1. The molecular formula is C15H27N5O. The van der Waals surface area contributed by atoms with Crippen LogP contribution in [0.15, 0.2) is 6.33 Å². The molecule has 1 aromatic heterocycles. The molecule has 118 valence electrons. The van der Waals surface area contributed by atoms with Crippen molar-refractivity contribution < 1.29 is 4.74 Å². The molecule has 1 fully saturated rings. The van der Waals surface area contributed by atoms with Crippen LogP contribution in [-0.4, -0.2) is 58.1 Å². The Labute approximate surface area is 126 Å². The number of fused-ring (bicyclic) bond motifs is 1. The summed E-state index contributed by atoms with van der Waals surface area (Å²) in [6, 6.07) is 0. The molecule has 0 aromatic carbocycles. The van der Waals surface area contributed by atoms with Crippen LogP contribution in [0, 0.1) is 5.92 Å². The molecule has 1 aromatic rings. The first-order chi connectivity index (χ1) is 10.2.